The third-order valence-corrected chi connectivity index (χ3v) is 4.57. The predicted octanol–water partition coefficient (Wildman–Crippen LogP) is 5.22. The van der Waals surface area contributed by atoms with E-state index >= 15 is 0 Å². The Bertz CT molecular complexity index is 537. The third-order valence-electron chi connectivity index (χ3n) is 4.57. The average Bonchev–Trinajstić information content (AvgIpc) is 2.36. The summed E-state index contributed by atoms with van der Waals surface area (Å²) in [6.07, 6.45) is -0.215. The maximum Gasteiger partial charge on any atom is 0.251 e. The minimum absolute atomic E-state index is 0.108. The molecule has 1 fully saturated rings. The highest BCUT2D eigenvalue weighted by molar-refractivity contribution is 5.60. The zero-order chi connectivity index (χ0) is 17.6. The fourth-order valence-electron chi connectivity index (χ4n) is 3.04. The molecule has 23 heavy (non-hydrogen) atoms. The molecule has 2 rings (SSSR count). The van der Waals surface area contributed by atoms with Gasteiger partial charge in [0.1, 0.15) is 5.75 Å². The monoisotopic (exact) mass is 325 g/mol. The number of benzene rings is 1. The number of alkyl halides is 2. The summed E-state index contributed by atoms with van der Waals surface area (Å²) in [6.45, 7) is 13.1. The molecule has 0 spiro atoms. The fraction of sp³-hybridized carbons (Fsp3) is 0.684. The molecule has 0 aromatic heterocycles. The fourth-order valence-corrected chi connectivity index (χ4v) is 3.04. The summed E-state index contributed by atoms with van der Waals surface area (Å²) in [5.74, 6) is -2.22. The molecule has 1 aromatic rings. The molecule has 0 saturated carbocycles. The van der Waals surface area contributed by atoms with Gasteiger partial charge in [-0.25, -0.2) is 8.78 Å². The Morgan fingerprint density at radius 2 is 1.30 bits per heavy atom. The van der Waals surface area contributed by atoms with E-state index in [9.17, 15) is 13.9 Å². The lowest BCUT2D eigenvalue weighted by Crippen LogP contribution is -2.39. The van der Waals surface area contributed by atoms with Crippen LogP contribution in [0, 0.1) is 0 Å². The van der Waals surface area contributed by atoms with Gasteiger partial charge >= 0.3 is 0 Å². The van der Waals surface area contributed by atoms with Crippen LogP contribution in [0.25, 0.3) is 0 Å². The van der Waals surface area contributed by atoms with Crippen LogP contribution in [-0.4, -0.2) is 24.1 Å². The molecule has 1 N–H and O–H groups in total. The first-order valence-corrected chi connectivity index (χ1v) is 8.32. The zero-order valence-electron chi connectivity index (χ0n) is 15.1. The first-order valence-electron chi connectivity index (χ1n) is 8.32. The summed E-state index contributed by atoms with van der Waals surface area (Å²) < 4.78 is 26.9. The van der Waals surface area contributed by atoms with E-state index in [1.54, 1.807) is 0 Å². The van der Waals surface area contributed by atoms with Crippen molar-refractivity contribution in [2.24, 2.45) is 0 Å². The SMILES string of the molecule is CC(C)(C)c1cc(N2CCC(F)(F)CC2)cc(C(C)(C)C)c1O. The molecule has 1 saturated heterocycles. The molecule has 2 nitrogen and oxygen atoms in total. The Morgan fingerprint density at radius 1 is 0.913 bits per heavy atom. The average molecular weight is 325 g/mol. The van der Waals surface area contributed by atoms with Gasteiger partial charge in [0.05, 0.1) is 0 Å². The number of hydrogen-bond donors (Lipinski definition) is 1. The van der Waals surface area contributed by atoms with Crippen LogP contribution in [-0.2, 0) is 10.8 Å². The first kappa shape index (κ1) is 18.0. The minimum atomic E-state index is -2.55. The Balaban J connectivity index is 2.49. The Hall–Kier alpha value is -1.32. The maximum atomic E-state index is 13.4. The minimum Gasteiger partial charge on any atom is -0.507 e. The second-order valence-electron chi connectivity index (χ2n) is 8.73. The quantitative estimate of drug-likeness (QED) is 0.765. The summed E-state index contributed by atoms with van der Waals surface area (Å²) in [6, 6.07) is 3.93. The molecule has 0 aliphatic carbocycles. The summed E-state index contributed by atoms with van der Waals surface area (Å²) in [5.41, 5.74) is 2.27. The smallest absolute Gasteiger partial charge is 0.251 e. The van der Waals surface area contributed by atoms with Gasteiger partial charge in [0.15, 0.2) is 0 Å². The number of hydrogen-bond acceptors (Lipinski definition) is 2. The molecule has 130 valence electrons. The van der Waals surface area contributed by atoms with Gasteiger partial charge in [0.25, 0.3) is 5.92 Å². The van der Waals surface area contributed by atoms with Crippen molar-refractivity contribution >= 4 is 5.69 Å². The van der Waals surface area contributed by atoms with E-state index in [1.807, 2.05) is 17.0 Å². The van der Waals surface area contributed by atoms with E-state index in [0.29, 0.717) is 18.8 Å². The molecule has 1 aliphatic rings. The van der Waals surface area contributed by atoms with Gasteiger partial charge in [-0.15, -0.1) is 0 Å². The molecule has 0 amide bonds. The highest BCUT2D eigenvalue weighted by atomic mass is 19.3. The maximum absolute atomic E-state index is 13.4. The molecule has 1 heterocycles. The van der Waals surface area contributed by atoms with Crippen molar-refractivity contribution in [3.63, 3.8) is 0 Å². The number of anilines is 1. The molecule has 0 atom stereocenters. The van der Waals surface area contributed by atoms with Crippen molar-refractivity contribution < 1.29 is 13.9 Å². The number of halogens is 2. The zero-order valence-corrected chi connectivity index (χ0v) is 15.1. The molecule has 1 aromatic carbocycles. The standard InChI is InChI=1S/C19H29F2NO/c1-17(2,3)14-11-13(12-15(16(14)23)18(4,5)6)22-9-7-19(20,21)8-10-22/h11-12,23H,7-10H2,1-6H3. The summed E-state index contributed by atoms with van der Waals surface area (Å²) in [7, 11) is 0. The second-order valence-corrected chi connectivity index (χ2v) is 8.73. The molecule has 4 heteroatoms. The molecule has 0 radical (unpaired) electrons. The van der Waals surface area contributed by atoms with Crippen molar-refractivity contribution in [1.82, 2.24) is 0 Å². The lowest BCUT2D eigenvalue weighted by molar-refractivity contribution is -0.0220. The normalized spacial score (nSPS) is 19.0. The van der Waals surface area contributed by atoms with Crippen LogP contribution < -0.4 is 4.90 Å². The lowest BCUT2D eigenvalue weighted by atomic mass is 9.79. The van der Waals surface area contributed by atoms with Crippen LogP contribution in [0.15, 0.2) is 12.1 Å². The second kappa shape index (κ2) is 5.64. The first-order chi connectivity index (χ1) is 10.3. The molecule has 0 unspecified atom stereocenters. The van der Waals surface area contributed by atoms with Gasteiger partial charge < -0.3 is 10.0 Å². The number of nitrogens with zero attached hydrogens (tertiary/aromatic N) is 1. The van der Waals surface area contributed by atoms with Crippen molar-refractivity contribution in [3.05, 3.63) is 23.3 Å². The number of phenolic OH excluding ortho intramolecular Hbond substituents is 1. The van der Waals surface area contributed by atoms with Crippen LogP contribution in [0.3, 0.4) is 0 Å². The summed E-state index contributed by atoms with van der Waals surface area (Å²) in [4.78, 5) is 2.02. The molecule has 0 bridgehead atoms. The summed E-state index contributed by atoms with van der Waals surface area (Å²) >= 11 is 0. The van der Waals surface area contributed by atoms with E-state index in [4.69, 9.17) is 0 Å². The van der Waals surface area contributed by atoms with Crippen LogP contribution in [0.4, 0.5) is 14.5 Å². The molecule has 1 aliphatic heterocycles. The van der Waals surface area contributed by atoms with Crippen LogP contribution in [0.5, 0.6) is 5.75 Å². The van der Waals surface area contributed by atoms with E-state index in [1.165, 1.54) is 0 Å². The summed E-state index contributed by atoms with van der Waals surface area (Å²) in [5, 5.41) is 10.7. The van der Waals surface area contributed by atoms with Gasteiger partial charge in [0, 0.05) is 42.7 Å². The number of rotatable bonds is 1. The van der Waals surface area contributed by atoms with Gasteiger partial charge in [-0.1, -0.05) is 41.5 Å². The van der Waals surface area contributed by atoms with Crippen LogP contribution in [0.1, 0.15) is 65.5 Å². The van der Waals surface area contributed by atoms with Crippen LogP contribution in [0.2, 0.25) is 0 Å². The predicted molar refractivity (Wildman–Crippen MR) is 91.9 cm³/mol. The van der Waals surface area contributed by atoms with Crippen LogP contribution >= 0.6 is 0 Å². The van der Waals surface area contributed by atoms with Gasteiger partial charge in [-0.2, -0.15) is 0 Å². The third kappa shape index (κ3) is 3.96. The van der Waals surface area contributed by atoms with Gasteiger partial charge in [0.2, 0.25) is 0 Å². The van der Waals surface area contributed by atoms with E-state index in [2.05, 4.69) is 41.5 Å². The van der Waals surface area contributed by atoms with Gasteiger partial charge in [-0.05, 0) is 23.0 Å². The molecular weight excluding hydrogens is 296 g/mol. The van der Waals surface area contributed by atoms with Crippen molar-refractivity contribution in [2.45, 2.75) is 71.1 Å². The van der Waals surface area contributed by atoms with Crippen molar-refractivity contribution in [3.8, 4) is 5.75 Å². The molecular formula is C19H29F2NO. The highest BCUT2D eigenvalue weighted by Crippen LogP contribution is 2.42. The topological polar surface area (TPSA) is 23.5 Å². The van der Waals surface area contributed by atoms with Crippen molar-refractivity contribution in [2.75, 3.05) is 18.0 Å². The van der Waals surface area contributed by atoms with Gasteiger partial charge in [-0.3, -0.25) is 0 Å². The number of phenols is 1. The largest absolute Gasteiger partial charge is 0.507 e. The lowest BCUT2D eigenvalue weighted by Gasteiger charge is -2.36. The Labute approximate surface area is 138 Å². The van der Waals surface area contributed by atoms with E-state index in [-0.39, 0.29) is 23.7 Å². The van der Waals surface area contributed by atoms with Crippen molar-refractivity contribution in [1.29, 1.82) is 0 Å². The highest BCUT2D eigenvalue weighted by Gasteiger charge is 2.35. The van der Waals surface area contributed by atoms with E-state index < -0.39 is 5.92 Å². The number of aromatic hydroxyl groups is 1. The van der Waals surface area contributed by atoms with E-state index in [0.717, 1.165) is 16.8 Å². The number of piperidine rings is 1. The Morgan fingerprint density at radius 3 is 1.65 bits per heavy atom. The Kier molecular flexibility index (Phi) is 4.42.